The van der Waals surface area contributed by atoms with Crippen LogP contribution in [-0.2, 0) is 0 Å². The summed E-state index contributed by atoms with van der Waals surface area (Å²) in [7, 11) is 0. The lowest BCUT2D eigenvalue weighted by Crippen LogP contribution is -2.38. The van der Waals surface area contributed by atoms with E-state index in [0.717, 1.165) is 32.4 Å². The molecule has 110 valence electrons. The van der Waals surface area contributed by atoms with Gasteiger partial charge in [-0.15, -0.1) is 0 Å². The largest absolute Gasteiger partial charge is 0.382 e. The summed E-state index contributed by atoms with van der Waals surface area (Å²) < 4.78 is 13.9. The van der Waals surface area contributed by atoms with Crippen molar-refractivity contribution < 1.29 is 9.18 Å². The summed E-state index contributed by atoms with van der Waals surface area (Å²) in [6.45, 7) is 6.42. The summed E-state index contributed by atoms with van der Waals surface area (Å²) in [5.74, 6) is 0.258. The van der Waals surface area contributed by atoms with E-state index >= 15 is 0 Å². The van der Waals surface area contributed by atoms with Gasteiger partial charge in [0.1, 0.15) is 5.82 Å². The van der Waals surface area contributed by atoms with Crippen molar-refractivity contribution in [1.82, 2.24) is 4.90 Å². The number of anilines is 1. The first-order chi connectivity index (χ1) is 9.63. The number of nitrogens with one attached hydrogen (secondary N) is 1. The molecule has 1 heterocycles. The van der Waals surface area contributed by atoms with Crippen molar-refractivity contribution in [2.75, 3.05) is 25.0 Å². The molecule has 1 fully saturated rings. The fourth-order valence-electron chi connectivity index (χ4n) is 2.51. The molecule has 1 amide bonds. The topological polar surface area (TPSA) is 32.3 Å². The summed E-state index contributed by atoms with van der Waals surface area (Å²) in [5, 5.41) is 3.04. The first kappa shape index (κ1) is 14.8. The van der Waals surface area contributed by atoms with E-state index in [0.29, 0.717) is 23.7 Å². The Balaban J connectivity index is 2.18. The fraction of sp³-hybridized carbons (Fsp3) is 0.562. The number of amides is 1. The molecule has 0 aromatic heterocycles. The van der Waals surface area contributed by atoms with Crippen molar-refractivity contribution in [2.24, 2.45) is 5.92 Å². The lowest BCUT2D eigenvalue weighted by molar-refractivity contribution is 0.0698. The van der Waals surface area contributed by atoms with Crippen LogP contribution in [0.2, 0.25) is 0 Å². The molecule has 0 atom stereocenters. The molecule has 1 aliphatic heterocycles. The lowest BCUT2D eigenvalue weighted by atomic mass is 9.98. The summed E-state index contributed by atoms with van der Waals surface area (Å²) in [5.41, 5.74) is 0.797. The molecule has 0 unspecified atom stereocenters. The van der Waals surface area contributed by atoms with Crippen molar-refractivity contribution in [3.63, 3.8) is 0 Å². The van der Waals surface area contributed by atoms with E-state index in [1.54, 1.807) is 12.1 Å². The third-order valence-corrected chi connectivity index (χ3v) is 3.87. The van der Waals surface area contributed by atoms with Gasteiger partial charge in [0.15, 0.2) is 0 Å². The average Bonchev–Trinajstić information content (AvgIpc) is 2.46. The van der Waals surface area contributed by atoms with Gasteiger partial charge in [-0.05, 0) is 37.3 Å². The second-order valence-corrected chi connectivity index (χ2v) is 5.56. The number of benzene rings is 1. The van der Waals surface area contributed by atoms with Crippen LogP contribution >= 0.6 is 0 Å². The third kappa shape index (κ3) is 3.30. The van der Waals surface area contributed by atoms with Crippen LogP contribution in [0.15, 0.2) is 18.2 Å². The Morgan fingerprint density at radius 2 is 2.10 bits per heavy atom. The third-order valence-electron chi connectivity index (χ3n) is 3.87. The van der Waals surface area contributed by atoms with E-state index in [2.05, 4.69) is 12.2 Å². The molecule has 2 rings (SSSR count). The highest BCUT2D eigenvalue weighted by molar-refractivity contribution is 5.99. The molecular weight excluding hydrogens is 255 g/mol. The highest BCUT2D eigenvalue weighted by Crippen LogP contribution is 2.24. The van der Waals surface area contributed by atoms with Crippen LogP contribution in [0, 0.1) is 11.7 Å². The Labute approximate surface area is 120 Å². The Morgan fingerprint density at radius 1 is 1.40 bits per heavy atom. The summed E-state index contributed by atoms with van der Waals surface area (Å²) in [4.78, 5) is 14.4. The molecule has 3 nitrogen and oxygen atoms in total. The van der Waals surface area contributed by atoms with Crippen LogP contribution in [0.5, 0.6) is 0 Å². The predicted molar refractivity (Wildman–Crippen MR) is 79.5 cm³/mol. The van der Waals surface area contributed by atoms with Crippen LogP contribution < -0.4 is 5.32 Å². The van der Waals surface area contributed by atoms with Crippen molar-refractivity contribution in [3.05, 3.63) is 29.6 Å². The zero-order valence-corrected chi connectivity index (χ0v) is 12.3. The van der Waals surface area contributed by atoms with Gasteiger partial charge in [0, 0.05) is 19.6 Å². The number of piperidine rings is 1. The minimum atomic E-state index is -0.352. The molecule has 4 heteroatoms. The van der Waals surface area contributed by atoms with Gasteiger partial charge in [0.2, 0.25) is 0 Å². The molecule has 0 saturated carbocycles. The maximum Gasteiger partial charge on any atom is 0.256 e. The Hall–Kier alpha value is -1.58. The van der Waals surface area contributed by atoms with Crippen molar-refractivity contribution in [2.45, 2.75) is 33.1 Å². The molecule has 1 N–H and O–H groups in total. The zero-order chi connectivity index (χ0) is 14.5. The molecule has 0 radical (unpaired) electrons. The first-order valence-electron chi connectivity index (χ1n) is 7.45. The average molecular weight is 278 g/mol. The van der Waals surface area contributed by atoms with Crippen LogP contribution in [0.3, 0.4) is 0 Å². The number of nitrogens with zero attached hydrogens (tertiary/aromatic N) is 1. The van der Waals surface area contributed by atoms with Gasteiger partial charge in [0.25, 0.3) is 5.91 Å². The second-order valence-electron chi connectivity index (χ2n) is 5.56. The van der Waals surface area contributed by atoms with Gasteiger partial charge < -0.3 is 10.2 Å². The molecule has 0 bridgehead atoms. The standard InChI is InChI=1S/C16H23FN2O/c1-3-9-18-15-13(5-4-6-14(15)17)16(20)19-10-7-12(2)8-11-19/h4-6,12,18H,3,7-11H2,1-2H3. The van der Waals surface area contributed by atoms with E-state index in [-0.39, 0.29) is 11.7 Å². The van der Waals surface area contributed by atoms with Crippen LogP contribution in [-0.4, -0.2) is 30.4 Å². The van der Waals surface area contributed by atoms with E-state index in [9.17, 15) is 9.18 Å². The van der Waals surface area contributed by atoms with Gasteiger partial charge in [-0.1, -0.05) is 19.9 Å². The normalized spacial score (nSPS) is 16.2. The smallest absolute Gasteiger partial charge is 0.256 e. The van der Waals surface area contributed by atoms with E-state index in [1.165, 1.54) is 6.07 Å². The minimum Gasteiger partial charge on any atom is -0.382 e. The van der Waals surface area contributed by atoms with Crippen LogP contribution in [0.25, 0.3) is 0 Å². The molecule has 1 aromatic rings. The number of halogens is 1. The van der Waals surface area contributed by atoms with Crippen molar-refractivity contribution in [1.29, 1.82) is 0 Å². The van der Waals surface area contributed by atoms with Crippen molar-refractivity contribution >= 4 is 11.6 Å². The Bertz CT molecular complexity index is 468. The molecule has 0 aliphatic carbocycles. The number of para-hydroxylation sites is 1. The molecular formula is C16H23FN2O. The maximum absolute atomic E-state index is 13.9. The van der Waals surface area contributed by atoms with E-state index < -0.39 is 0 Å². The molecule has 20 heavy (non-hydrogen) atoms. The SMILES string of the molecule is CCCNc1c(F)cccc1C(=O)N1CCC(C)CC1. The zero-order valence-electron chi connectivity index (χ0n) is 12.3. The summed E-state index contributed by atoms with van der Waals surface area (Å²) >= 11 is 0. The van der Waals surface area contributed by atoms with Crippen LogP contribution in [0.4, 0.5) is 10.1 Å². The fourth-order valence-corrected chi connectivity index (χ4v) is 2.51. The number of likely N-dealkylation sites (tertiary alicyclic amines) is 1. The summed E-state index contributed by atoms with van der Waals surface area (Å²) in [6, 6.07) is 4.71. The Morgan fingerprint density at radius 3 is 2.75 bits per heavy atom. The van der Waals surface area contributed by atoms with E-state index in [1.807, 2.05) is 11.8 Å². The van der Waals surface area contributed by atoms with Gasteiger partial charge in [-0.2, -0.15) is 0 Å². The second kappa shape index (κ2) is 6.73. The number of rotatable bonds is 4. The quantitative estimate of drug-likeness (QED) is 0.914. The minimum absolute atomic E-state index is 0.0602. The Kier molecular flexibility index (Phi) is 4.99. The number of hydrogen-bond acceptors (Lipinski definition) is 2. The number of hydrogen-bond donors (Lipinski definition) is 1. The first-order valence-corrected chi connectivity index (χ1v) is 7.45. The number of carbonyl (C=O) groups is 1. The predicted octanol–water partition coefficient (Wildman–Crippen LogP) is 3.52. The lowest BCUT2D eigenvalue weighted by Gasteiger charge is -2.31. The van der Waals surface area contributed by atoms with Gasteiger partial charge in [-0.25, -0.2) is 4.39 Å². The highest BCUT2D eigenvalue weighted by atomic mass is 19.1. The van der Waals surface area contributed by atoms with Gasteiger partial charge in [0.05, 0.1) is 11.3 Å². The maximum atomic E-state index is 13.9. The molecule has 1 aromatic carbocycles. The van der Waals surface area contributed by atoms with E-state index in [4.69, 9.17) is 0 Å². The monoisotopic (exact) mass is 278 g/mol. The number of carbonyl (C=O) groups excluding carboxylic acids is 1. The van der Waals surface area contributed by atoms with Gasteiger partial charge in [-0.3, -0.25) is 4.79 Å². The molecule has 0 spiro atoms. The van der Waals surface area contributed by atoms with Gasteiger partial charge >= 0.3 is 0 Å². The molecule has 1 saturated heterocycles. The van der Waals surface area contributed by atoms with Crippen LogP contribution in [0.1, 0.15) is 43.5 Å². The highest BCUT2D eigenvalue weighted by Gasteiger charge is 2.24. The summed E-state index contributed by atoms with van der Waals surface area (Å²) in [6.07, 6.45) is 2.95. The van der Waals surface area contributed by atoms with Crippen molar-refractivity contribution in [3.8, 4) is 0 Å². The molecule has 1 aliphatic rings.